The largest absolute Gasteiger partial charge is 0.472 e. The van der Waals surface area contributed by atoms with Gasteiger partial charge in [-0.2, -0.15) is 0 Å². The minimum absolute atomic E-state index is 0.0752. The van der Waals surface area contributed by atoms with E-state index in [-0.39, 0.29) is 19.1 Å². The summed E-state index contributed by atoms with van der Waals surface area (Å²) in [6.45, 7) is 4.93. The van der Waals surface area contributed by atoms with Crippen molar-refractivity contribution in [2.45, 2.75) is 360 Å². The highest BCUT2D eigenvalue weighted by molar-refractivity contribution is 7.47. The third-order valence-corrected chi connectivity index (χ3v) is 16.7. The van der Waals surface area contributed by atoms with Crippen LogP contribution in [0.3, 0.4) is 0 Å². The zero-order chi connectivity index (χ0) is 55.6. The molecule has 3 N–H and O–H groups in total. The summed E-state index contributed by atoms with van der Waals surface area (Å²) in [7, 11) is 1.63. The molecule has 0 aliphatic rings. The molecular formula is C67H134N2O6P+. The van der Waals surface area contributed by atoms with E-state index in [0.717, 1.165) is 44.9 Å². The maximum atomic E-state index is 13.0. The number of amides is 1. The van der Waals surface area contributed by atoms with Gasteiger partial charge in [0.2, 0.25) is 5.91 Å². The Labute approximate surface area is 474 Å². The van der Waals surface area contributed by atoms with Gasteiger partial charge in [0.1, 0.15) is 13.2 Å². The molecule has 0 bridgehead atoms. The smallest absolute Gasteiger partial charge is 0.391 e. The third-order valence-electron chi connectivity index (χ3n) is 15.7. The number of allylic oxidation sites excluding steroid dienone is 4. The quantitative estimate of drug-likeness (QED) is 0.0243. The standard InChI is InChI=1S/C67H133N2O6P/c1-6-8-10-12-14-16-18-20-22-24-26-28-29-30-31-32-33-34-35-36-37-38-39-41-42-44-46-48-50-52-54-56-58-60-66(70)65(64-75-76(72,73)74-63-62-69(3,4)5)68-67(71)61-59-57-55-53-51-49-47-45-43-40-27-25-23-21-19-17-15-13-11-9-7-2/h19,21,25,27,65-66,70H,6-18,20,22-24,26,28-64H2,1-5H3,(H-,68,71,72,73)/p+1/b21-19-,27-25-. The minimum Gasteiger partial charge on any atom is -0.391 e. The number of likely N-dealkylation sites (N-methyl/N-ethyl adjacent to an activating group) is 1. The molecule has 0 aliphatic heterocycles. The first-order valence-corrected chi connectivity index (χ1v) is 35.2. The Morgan fingerprint density at radius 2 is 0.750 bits per heavy atom. The lowest BCUT2D eigenvalue weighted by Gasteiger charge is -2.26. The van der Waals surface area contributed by atoms with Gasteiger partial charge >= 0.3 is 7.82 Å². The van der Waals surface area contributed by atoms with Crippen LogP contribution in [0.4, 0.5) is 0 Å². The van der Waals surface area contributed by atoms with Crippen LogP contribution in [0.15, 0.2) is 24.3 Å². The van der Waals surface area contributed by atoms with Gasteiger partial charge in [-0.25, -0.2) is 4.57 Å². The molecule has 0 aromatic carbocycles. The highest BCUT2D eigenvalue weighted by atomic mass is 31.2. The van der Waals surface area contributed by atoms with Crippen LogP contribution in [-0.2, 0) is 18.4 Å². The van der Waals surface area contributed by atoms with Crippen molar-refractivity contribution < 1.29 is 32.9 Å². The van der Waals surface area contributed by atoms with Crippen molar-refractivity contribution in [1.29, 1.82) is 0 Å². The second kappa shape index (κ2) is 58.6. The van der Waals surface area contributed by atoms with Crippen molar-refractivity contribution in [1.82, 2.24) is 5.32 Å². The molecule has 0 spiro atoms. The summed E-state index contributed by atoms with van der Waals surface area (Å²) in [5.41, 5.74) is 0. The number of hydrogen-bond donors (Lipinski definition) is 3. The van der Waals surface area contributed by atoms with Crippen molar-refractivity contribution >= 4 is 13.7 Å². The lowest BCUT2D eigenvalue weighted by Crippen LogP contribution is -2.46. The first-order valence-electron chi connectivity index (χ1n) is 33.7. The van der Waals surface area contributed by atoms with Crippen LogP contribution in [0.5, 0.6) is 0 Å². The first-order chi connectivity index (χ1) is 37.0. The number of carbonyl (C=O) groups is 1. The number of rotatable bonds is 63. The molecule has 8 nitrogen and oxygen atoms in total. The lowest BCUT2D eigenvalue weighted by molar-refractivity contribution is -0.870. The topological polar surface area (TPSA) is 105 Å². The van der Waals surface area contributed by atoms with Crippen LogP contribution in [0.1, 0.15) is 348 Å². The molecular weight excluding hydrogens is 960 g/mol. The van der Waals surface area contributed by atoms with Crippen LogP contribution in [0.25, 0.3) is 0 Å². The van der Waals surface area contributed by atoms with Crippen molar-refractivity contribution in [3.63, 3.8) is 0 Å². The summed E-state index contributed by atoms with van der Waals surface area (Å²) in [4.78, 5) is 23.4. The SMILES string of the molecule is CCCCCCC/C=C\C/C=C\CCCCCCCCCCCC(=O)NC(COP(=O)(O)OCC[N+](C)(C)C)C(O)CCCCCCCCCCCCCCCCCCCCCCCCCCCCCCCCCCC. The Bertz CT molecular complexity index is 1290. The average molecular weight is 1090 g/mol. The van der Waals surface area contributed by atoms with E-state index in [9.17, 15) is 19.4 Å². The fourth-order valence-corrected chi connectivity index (χ4v) is 11.2. The number of nitrogens with zero attached hydrogens (tertiary/aromatic N) is 1. The molecule has 0 saturated heterocycles. The molecule has 0 aromatic rings. The number of nitrogens with one attached hydrogen (secondary N) is 1. The van der Waals surface area contributed by atoms with Crippen LogP contribution in [0, 0.1) is 0 Å². The van der Waals surface area contributed by atoms with Gasteiger partial charge < -0.3 is 19.8 Å². The van der Waals surface area contributed by atoms with E-state index in [1.54, 1.807) is 0 Å². The summed E-state index contributed by atoms with van der Waals surface area (Å²) in [6.07, 6.45) is 75.6. The Balaban J connectivity index is 4.00. The van der Waals surface area contributed by atoms with Gasteiger partial charge in [0.05, 0.1) is 39.9 Å². The molecule has 0 aromatic heterocycles. The van der Waals surface area contributed by atoms with Crippen LogP contribution < -0.4 is 5.32 Å². The van der Waals surface area contributed by atoms with E-state index in [1.165, 1.54) is 276 Å². The molecule has 0 radical (unpaired) electrons. The molecule has 3 atom stereocenters. The summed E-state index contributed by atoms with van der Waals surface area (Å²) in [5, 5.41) is 14.1. The van der Waals surface area contributed by atoms with Gasteiger partial charge in [-0.15, -0.1) is 0 Å². The normalized spacial score (nSPS) is 13.8. The summed E-state index contributed by atoms with van der Waals surface area (Å²) < 4.78 is 23.9. The predicted octanol–water partition coefficient (Wildman–Crippen LogP) is 21.1. The molecule has 0 saturated carbocycles. The number of aliphatic hydroxyl groups is 1. The predicted molar refractivity (Wildman–Crippen MR) is 332 cm³/mol. The van der Waals surface area contributed by atoms with E-state index >= 15 is 0 Å². The molecule has 0 fully saturated rings. The Morgan fingerprint density at radius 1 is 0.447 bits per heavy atom. The van der Waals surface area contributed by atoms with Gasteiger partial charge in [0.15, 0.2) is 0 Å². The highest BCUT2D eigenvalue weighted by Gasteiger charge is 2.28. The number of carbonyl (C=O) groups excluding carboxylic acids is 1. The Hall–Kier alpha value is -1.02. The number of phosphoric ester groups is 1. The van der Waals surface area contributed by atoms with Gasteiger partial charge in [-0.1, -0.05) is 321 Å². The fourth-order valence-electron chi connectivity index (χ4n) is 10.4. The number of quaternary nitrogens is 1. The maximum Gasteiger partial charge on any atom is 0.472 e. The zero-order valence-electron chi connectivity index (χ0n) is 51.8. The van der Waals surface area contributed by atoms with Gasteiger partial charge in [0.25, 0.3) is 0 Å². The lowest BCUT2D eigenvalue weighted by atomic mass is 10.0. The van der Waals surface area contributed by atoms with Crippen molar-refractivity contribution in [3.05, 3.63) is 24.3 Å². The minimum atomic E-state index is -4.33. The molecule has 3 unspecified atom stereocenters. The summed E-state index contributed by atoms with van der Waals surface area (Å²) in [5.74, 6) is -0.143. The third kappa shape index (κ3) is 60.6. The second-order valence-electron chi connectivity index (χ2n) is 24.6. The van der Waals surface area contributed by atoms with Gasteiger partial charge in [-0.05, 0) is 44.9 Å². The van der Waals surface area contributed by atoms with Crippen LogP contribution in [-0.4, -0.2) is 73.4 Å². The molecule has 452 valence electrons. The number of phosphoric acid groups is 1. The summed E-state index contributed by atoms with van der Waals surface area (Å²) in [6, 6.07) is -0.763. The number of hydrogen-bond acceptors (Lipinski definition) is 5. The molecule has 0 heterocycles. The van der Waals surface area contributed by atoms with E-state index in [0.29, 0.717) is 23.9 Å². The van der Waals surface area contributed by atoms with E-state index < -0.39 is 20.0 Å². The molecule has 9 heteroatoms. The summed E-state index contributed by atoms with van der Waals surface area (Å²) >= 11 is 0. The average Bonchev–Trinajstić information content (AvgIpc) is 3.38. The monoisotopic (exact) mass is 1090 g/mol. The Morgan fingerprint density at radius 3 is 1.08 bits per heavy atom. The number of aliphatic hydroxyl groups excluding tert-OH is 1. The van der Waals surface area contributed by atoms with E-state index in [1.807, 2.05) is 21.1 Å². The number of unbranched alkanes of at least 4 members (excludes halogenated alkanes) is 46. The van der Waals surface area contributed by atoms with E-state index in [2.05, 4.69) is 43.5 Å². The zero-order valence-corrected chi connectivity index (χ0v) is 52.7. The van der Waals surface area contributed by atoms with E-state index in [4.69, 9.17) is 9.05 Å². The molecule has 0 aliphatic carbocycles. The molecule has 1 amide bonds. The molecule has 76 heavy (non-hydrogen) atoms. The molecule has 0 rings (SSSR count). The van der Waals surface area contributed by atoms with Crippen LogP contribution in [0.2, 0.25) is 0 Å². The highest BCUT2D eigenvalue weighted by Crippen LogP contribution is 2.43. The van der Waals surface area contributed by atoms with Gasteiger partial charge in [-0.3, -0.25) is 13.8 Å². The van der Waals surface area contributed by atoms with Crippen LogP contribution >= 0.6 is 7.82 Å². The Kier molecular flexibility index (Phi) is 57.8. The maximum absolute atomic E-state index is 13.0. The fraction of sp³-hybridized carbons (Fsp3) is 0.925. The van der Waals surface area contributed by atoms with Crippen molar-refractivity contribution in [2.75, 3.05) is 40.9 Å². The van der Waals surface area contributed by atoms with Crippen molar-refractivity contribution in [3.8, 4) is 0 Å². The second-order valence-corrected chi connectivity index (χ2v) is 26.0. The first kappa shape index (κ1) is 75.0. The van der Waals surface area contributed by atoms with Gasteiger partial charge in [0, 0.05) is 6.42 Å². The van der Waals surface area contributed by atoms with Crippen molar-refractivity contribution in [2.24, 2.45) is 0 Å².